The quantitative estimate of drug-likeness (QED) is 0.165. The maximum absolute atomic E-state index is 13.0. The Morgan fingerprint density at radius 1 is 1.00 bits per heavy atom. The number of nitrogens with one attached hydrogen (secondary N) is 3. The second-order valence-corrected chi connectivity index (χ2v) is 10.4. The number of carbonyl (C=O) groups excluding carboxylic acids is 2. The van der Waals surface area contributed by atoms with Gasteiger partial charge in [-0.05, 0) is 82.6 Å². The Hall–Kier alpha value is -4.71. The fourth-order valence-corrected chi connectivity index (χ4v) is 4.49. The lowest BCUT2D eigenvalue weighted by Gasteiger charge is -2.15. The van der Waals surface area contributed by atoms with Crippen molar-refractivity contribution < 1.29 is 27.5 Å². The Labute approximate surface area is 254 Å². The van der Waals surface area contributed by atoms with E-state index in [9.17, 15) is 22.8 Å². The third-order valence-corrected chi connectivity index (χ3v) is 7.01. The molecule has 232 valence electrons. The van der Waals surface area contributed by atoms with Crippen LogP contribution in [0.3, 0.4) is 0 Å². The predicted molar refractivity (Wildman–Crippen MR) is 164 cm³/mol. The van der Waals surface area contributed by atoms with Crippen molar-refractivity contribution in [3.63, 3.8) is 0 Å². The number of nitrogens with zero attached hydrogens (tertiary/aromatic N) is 3. The van der Waals surface area contributed by atoms with Crippen LogP contribution < -0.4 is 20.7 Å². The number of amides is 2. The van der Waals surface area contributed by atoms with E-state index in [0.29, 0.717) is 23.8 Å². The molecule has 9 nitrogen and oxygen atoms in total. The standard InChI is InChI=1S/C32H35F3N6O3/c1-4-23(16-22(3)32(33,34)35)29(42)38-25-11-10-21(2)28(18-25)30(43)39-26-19-36-31(37-20-26)40-24-8-7-9-27(17-24)44-15-14-41-12-5-6-13-41/h4,7-11,16-20H,5-6,12-15H2,1-3H3,(H,38,42)(H,39,43)(H,36,37,40)/b22-16+,23-4+. The molecule has 0 aliphatic carbocycles. The van der Waals surface area contributed by atoms with Gasteiger partial charge in [0.15, 0.2) is 0 Å². The molecule has 0 spiro atoms. The van der Waals surface area contributed by atoms with E-state index in [1.807, 2.05) is 24.3 Å². The molecule has 3 aromatic rings. The Morgan fingerprint density at radius 2 is 1.73 bits per heavy atom. The number of allylic oxidation sites excluding steroid dienone is 2. The second kappa shape index (κ2) is 14.6. The van der Waals surface area contributed by atoms with Crippen molar-refractivity contribution in [1.82, 2.24) is 14.9 Å². The number of hydrogen-bond donors (Lipinski definition) is 3. The highest BCUT2D eigenvalue weighted by atomic mass is 19.4. The summed E-state index contributed by atoms with van der Waals surface area (Å²) in [5.41, 5.74) is 1.17. The van der Waals surface area contributed by atoms with Crippen molar-refractivity contribution in [3.05, 3.63) is 89.3 Å². The first-order chi connectivity index (χ1) is 21.0. The summed E-state index contributed by atoms with van der Waals surface area (Å²) in [6, 6.07) is 12.1. The van der Waals surface area contributed by atoms with Crippen LogP contribution in [0.15, 0.2) is 78.2 Å². The van der Waals surface area contributed by atoms with Crippen LogP contribution in [0.4, 0.5) is 36.2 Å². The molecule has 1 aliphatic heterocycles. The van der Waals surface area contributed by atoms with Gasteiger partial charge in [-0.25, -0.2) is 9.97 Å². The Balaban J connectivity index is 1.34. The van der Waals surface area contributed by atoms with E-state index in [4.69, 9.17) is 4.74 Å². The lowest BCUT2D eigenvalue weighted by Crippen LogP contribution is -2.25. The molecule has 0 radical (unpaired) electrons. The number of aryl methyl sites for hydroxylation is 1. The van der Waals surface area contributed by atoms with Crippen LogP contribution in [-0.2, 0) is 4.79 Å². The van der Waals surface area contributed by atoms with Crippen LogP contribution >= 0.6 is 0 Å². The number of hydrogen-bond acceptors (Lipinski definition) is 7. The summed E-state index contributed by atoms with van der Waals surface area (Å²) >= 11 is 0. The minimum Gasteiger partial charge on any atom is -0.492 e. The zero-order valence-electron chi connectivity index (χ0n) is 24.8. The van der Waals surface area contributed by atoms with Gasteiger partial charge in [-0.15, -0.1) is 0 Å². The van der Waals surface area contributed by atoms with Gasteiger partial charge in [-0.1, -0.05) is 18.2 Å². The van der Waals surface area contributed by atoms with Crippen molar-refractivity contribution in [1.29, 1.82) is 0 Å². The number of carbonyl (C=O) groups is 2. The summed E-state index contributed by atoms with van der Waals surface area (Å²) in [4.78, 5) is 36.6. The number of rotatable bonds is 11. The minimum absolute atomic E-state index is 0.158. The molecule has 3 N–H and O–H groups in total. The predicted octanol–water partition coefficient (Wildman–Crippen LogP) is 6.65. The monoisotopic (exact) mass is 608 g/mol. The first-order valence-corrected chi connectivity index (χ1v) is 14.2. The summed E-state index contributed by atoms with van der Waals surface area (Å²) in [5, 5.41) is 8.40. The molecule has 2 heterocycles. The first-order valence-electron chi connectivity index (χ1n) is 14.2. The van der Waals surface area contributed by atoms with Gasteiger partial charge in [-0.3, -0.25) is 14.5 Å². The fourth-order valence-electron chi connectivity index (χ4n) is 4.49. The summed E-state index contributed by atoms with van der Waals surface area (Å²) in [6.45, 7) is 7.83. The van der Waals surface area contributed by atoms with E-state index in [0.717, 1.165) is 44.1 Å². The number of anilines is 4. The van der Waals surface area contributed by atoms with Crippen molar-refractivity contribution in [2.75, 3.05) is 42.2 Å². The number of likely N-dealkylation sites (tertiary alicyclic amines) is 1. The number of ether oxygens (including phenoxy) is 1. The highest BCUT2D eigenvalue weighted by molar-refractivity contribution is 6.08. The molecule has 1 fully saturated rings. The normalized spacial score (nSPS) is 14.3. The van der Waals surface area contributed by atoms with Gasteiger partial charge in [-0.2, -0.15) is 13.2 Å². The van der Waals surface area contributed by atoms with Gasteiger partial charge >= 0.3 is 6.18 Å². The zero-order valence-corrected chi connectivity index (χ0v) is 24.8. The minimum atomic E-state index is -4.55. The molecular formula is C32H35F3N6O3. The molecule has 2 amide bonds. The molecule has 12 heteroatoms. The average molecular weight is 609 g/mol. The maximum atomic E-state index is 13.0. The smallest absolute Gasteiger partial charge is 0.412 e. The highest BCUT2D eigenvalue weighted by Crippen LogP contribution is 2.27. The molecule has 4 rings (SSSR count). The van der Waals surface area contributed by atoms with Gasteiger partial charge in [0.05, 0.1) is 18.1 Å². The van der Waals surface area contributed by atoms with E-state index in [2.05, 4.69) is 30.8 Å². The van der Waals surface area contributed by atoms with Crippen molar-refractivity contribution >= 4 is 34.8 Å². The van der Waals surface area contributed by atoms with E-state index in [1.165, 1.54) is 44.3 Å². The Bertz CT molecular complexity index is 1530. The van der Waals surface area contributed by atoms with Crippen molar-refractivity contribution in [2.45, 2.75) is 39.8 Å². The number of benzene rings is 2. The zero-order chi connectivity index (χ0) is 31.7. The maximum Gasteiger partial charge on any atom is 0.412 e. The summed E-state index contributed by atoms with van der Waals surface area (Å²) in [5.74, 6) is -0.142. The Kier molecular flexibility index (Phi) is 10.7. The molecule has 1 aliphatic rings. The van der Waals surface area contributed by atoms with Crippen LogP contribution in [0.1, 0.15) is 42.6 Å². The topological polar surface area (TPSA) is 108 Å². The molecule has 0 saturated carbocycles. The fraction of sp³-hybridized carbons (Fsp3) is 0.312. The van der Waals surface area contributed by atoms with Crippen LogP contribution in [0.25, 0.3) is 0 Å². The molecule has 2 aromatic carbocycles. The lowest BCUT2D eigenvalue weighted by molar-refractivity contribution is -0.112. The highest BCUT2D eigenvalue weighted by Gasteiger charge is 2.30. The summed E-state index contributed by atoms with van der Waals surface area (Å²) < 4.78 is 44.7. The molecule has 0 atom stereocenters. The lowest BCUT2D eigenvalue weighted by atomic mass is 10.1. The van der Waals surface area contributed by atoms with Crippen molar-refractivity contribution in [3.8, 4) is 5.75 Å². The molecule has 44 heavy (non-hydrogen) atoms. The number of halogens is 3. The van der Waals surface area contributed by atoms with Crippen LogP contribution in [0.2, 0.25) is 0 Å². The van der Waals surface area contributed by atoms with Gasteiger partial charge in [0.25, 0.3) is 11.8 Å². The molecule has 1 aromatic heterocycles. The van der Waals surface area contributed by atoms with E-state index in [-0.39, 0.29) is 16.8 Å². The third kappa shape index (κ3) is 9.14. The first kappa shape index (κ1) is 32.2. The number of alkyl halides is 3. The third-order valence-electron chi connectivity index (χ3n) is 7.01. The largest absolute Gasteiger partial charge is 0.492 e. The van der Waals surface area contributed by atoms with Crippen molar-refractivity contribution in [2.24, 2.45) is 0 Å². The van der Waals surface area contributed by atoms with Gasteiger partial charge in [0.2, 0.25) is 5.95 Å². The number of aromatic nitrogens is 2. The van der Waals surface area contributed by atoms with Crippen LogP contribution in [0.5, 0.6) is 5.75 Å². The van der Waals surface area contributed by atoms with Gasteiger partial charge < -0.3 is 20.7 Å². The molecule has 1 saturated heterocycles. The van der Waals surface area contributed by atoms with E-state index >= 15 is 0 Å². The van der Waals surface area contributed by atoms with E-state index in [1.54, 1.807) is 19.1 Å². The van der Waals surface area contributed by atoms with E-state index < -0.39 is 23.6 Å². The van der Waals surface area contributed by atoms with Gasteiger partial charge in [0, 0.05) is 40.7 Å². The summed E-state index contributed by atoms with van der Waals surface area (Å²) in [7, 11) is 0. The SMILES string of the molecule is C/C=C(\C=C(/C)C(F)(F)F)C(=O)Nc1ccc(C)c(C(=O)Nc2cnc(Nc3cccc(OCCN4CCCC4)c3)nc2)c1. The van der Waals surface area contributed by atoms with Gasteiger partial charge in [0.1, 0.15) is 12.4 Å². The summed E-state index contributed by atoms with van der Waals surface area (Å²) in [6.07, 6.45) is 2.90. The molecule has 0 unspecified atom stereocenters. The second-order valence-electron chi connectivity index (χ2n) is 10.4. The average Bonchev–Trinajstić information content (AvgIpc) is 3.51. The van der Waals surface area contributed by atoms with Crippen LogP contribution in [-0.4, -0.2) is 59.1 Å². The Morgan fingerprint density at radius 3 is 2.41 bits per heavy atom. The molecule has 0 bridgehead atoms. The van der Waals surface area contributed by atoms with Crippen LogP contribution in [0, 0.1) is 6.92 Å². The molecular weight excluding hydrogens is 573 g/mol.